The maximum Gasteiger partial charge on any atom is 0.130 e. The Balaban J connectivity index is 1.77. The Morgan fingerprint density at radius 2 is 2.16 bits per heavy atom. The van der Waals surface area contributed by atoms with Gasteiger partial charge in [0.05, 0.1) is 13.2 Å². The second-order valence-corrected chi connectivity index (χ2v) is 5.52. The summed E-state index contributed by atoms with van der Waals surface area (Å²) in [5, 5.41) is 0. The van der Waals surface area contributed by atoms with Gasteiger partial charge in [0, 0.05) is 29.4 Å². The first-order chi connectivity index (χ1) is 9.36. The number of rotatable bonds is 4. The third-order valence-electron chi connectivity index (χ3n) is 3.06. The molecule has 1 aliphatic rings. The van der Waals surface area contributed by atoms with Crippen LogP contribution in [0.25, 0.3) is 5.69 Å². The number of ether oxygens (including phenoxy) is 2. The molecule has 1 unspecified atom stereocenters. The summed E-state index contributed by atoms with van der Waals surface area (Å²) in [5.74, 6) is 1.99. The average Bonchev–Trinajstić information content (AvgIpc) is 3.11. The molecule has 0 saturated carbocycles. The smallest absolute Gasteiger partial charge is 0.130 e. The topological polar surface area (TPSA) is 23.4 Å². The number of benzene rings is 1. The van der Waals surface area contributed by atoms with E-state index in [2.05, 4.69) is 35.2 Å². The molecule has 1 atom stereocenters. The number of hydrogen-bond acceptors (Lipinski definition) is 3. The molecule has 1 aromatic heterocycles. The highest BCUT2D eigenvalue weighted by molar-refractivity contribution is 7.99. The standard InChI is InChI=1S/C15H17NO2S/c1-2-17-14-5-3-13(4-6-14)16-8-7-12(11-16)15-18-9-10-19-15/h3-8,11,15H,2,9-10H2,1H3. The van der Waals surface area contributed by atoms with Crippen LogP contribution in [0.15, 0.2) is 42.7 Å². The number of hydrogen-bond donors (Lipinski definition) is 0. The minimum atomic E-state index is 0.198. The Labute approximate surface area is 117 Å². The van der Waals surface area contributed by atoms with Crippen molar-refractivity contribution in [1.82, 2.24) is 4.57 Å². The molecular weight excluding hydrogens is 258 g/mol. The summed E-state index contributed by atoms with van der Waals surface area (Å²) in [4.78, 5) is 0. The molecule has 2 heterocycles. The van der Waals surface area contributed by atoms with Crippen LogP contribution in [0.2, 0.25) is 0 Å². The number of thioether (sulfide) groups is 1. The van der Waals surface area contributed by atoms with Gasteiger partial charge in [0.15, 0.2) is 0 Å². The van der Waals surface area contributed by atoms with Gasteiger partial charge in [-0.15, -0.1) is 11.8 Å². The van der Waals surface area contributed by atoms with Crippen molar-refractivity contribution in [3.8, 4) is 11.4 Å². The molecule has 0 N–H and O–H groups in total. The van der Waals surface area contributed by atoms with Crippen molar-refractivity contribution < 1.29 is 9.47 Å². The van der Waals surface area contributed by atoms with Crippen LogP contribution in [0.5, 0.6) is 5.75 Å². The summed E-state index contributed by atoms with van der Waals surface area (Å²) in [7, 11) is 0. The quantitative estimate of drug-likeness (QED) is 0.851. The maximum atomic E-state index is 5.67. The van der Waals surface area contributed by atoms with Crippen LogP contribution >= 0.6 is 11.8 Å². The van der Waals surface area contributed by atoms with Gasteiger partial charge >= 0.3 is 0 Å². The molecular formula is C15H17NO2S. The van der Waals surface area contributed by atoms with E-state index in [4.69, 9.17) is 9.47 Å². The van der Waals surface area contributed by atoms with Gasteiger partial charge in [-0.05, 0) is 37.3 Å². The van der Waals surface area contributed by atoms with Gasteiger partial charge in [-0.25, -0.2) is 0 Å². The van der Waals surface area contributed by atoms with Gasteiger partial charge in [0.2, 0.25) is 0 Å². The molecule has 0 bridgehead atoms. The van der Waals surface area contributed by atoms with Crippen molar-refractivity contribution in [3.05, 3.63) is 48.3 Å². The van der Waals surface area contributed by atoms with E-state index in [-0.39, 0.29) is 5.44 Å². The first-order valence-corrected chi connectivity index (χ1v) is 7.56. The minimum absolute atomic E-state index is 0.198. The van der Waals surface area contributed by atoms with E-state index in [1.165, 1.54) is 5.56 Å². The maximum absolute atomic E-state index is 5.67. The molecule has 1 aliphatic heterocycles. The van der Waals surface area contributed by atoms with Crippen molar-refractivity contribution in [2.24, 2.45) is 0 Å². The zero-order valence-corrected chi connectivity index (χ0v) is 11.7. The van der Waals surface area contributed by atoms with Gasteiger partial charge in [0.25, 0.3) is 0 Å². The summed E-state index contributed by atoms with van der Waals surface area (Å²) in [6.45, 7) is 3.54. The number of nitrogens with zero attached hydrogens (tertiary/aromatic N) is 1. The van der Waals surface area contributed by atoms with E-state index < -0.39 is 0 Å². The van der Waals surface area contributed by atoms with Crippen molar-refractivity contribution in [2.45, 2.75) is 12.4 Å². The monoisotopic (exact) mass is 275 g/mol. The van der Waals surface area contributed by atoms with E-state index in [1.54, 1.807) is 0 Å². The minimum Gasteiger partial charge on any atom is -0.494 e. The summed E-state index contributed by atoms with van der Waals surface area (Å²) >= 11 is 1.86. The molecule has 0 spiro atoms. The van der Waals surface area contributed by atoms with Gasteiger partial charge in [-0.3, -0.25) is 0 Å². The molecule has 100 valence electrons. The van der Waals surface area contributed by atoms with Crippen LogP contribution in [0.3, 0.4) is 0 Å². The fourth-order valence-electron chi connectivity index (χ4n) is 2.15. The van der Waals surface area contributed by atoms with Gasteiger partial charge in [-0.1, -0.05) is 0 Å². The molecule has 1 aromatic carbocycles. The lowest BCUT2D eigenvalue weighted by Gasteiger charge is -2.07. The van der Waals surface area contributed by atoms with E-state index in [9.17, 15) is 0 Å². The predicted octanol–water partition coefficient (Wildman–Crippen LogP) is 3.64. The van der Waals surface area contributed by atoms with Crippen molar-refractivity contribution >= 4 is 11.8 Å². The van der Waals surface area contributed by atoms with Crippen molar-refractivity contribution in [3.63, 3.8) is 0 Å². The molecule has 1 saturated heterocycles. The number of aromatic nitrogens is 1. The Hall–Kier alpha value is -1.39. The van der Waals surface area contributed by atoms with Crippen LogP contribution in [-0.2, 0) is 4.74 Å². The molecule has 1 fully saturated rings. The summed E-state index contributed by atoms with van der Waals surface area (Å²) < 4.78 is 13.2. The summed E-state index contributed by atoms with van der Waals surface area (Å²) in [5.41, 5.74) is 2.57. The molecule has 0 amide bonds. The molecule has 19 heavy (non-hydrogen) atoms. The Bertz CT molecular complexity index is 529. The second kappa shape index (κ2) is 5.72. The molecule has 3 nitrogen and oxygen atoms in total. The van der Waals surface area contributed by atoms with Gasteiger partial charge in [-0.2, -0.15) is 0 Å². The fourth-order valence-corrected chi connectivity index (χ4v) is 3.08. The third kappa shape index (κ3) is 2.80. The summed E-state index contributed by atoms with van der Waals surface area (Å²) in [6, 6.07) is 10.3. The lowest BCUT2D eigenvalue weighted by molar-refractivity contribution is 0.145. The molecule has 0 aliphatic carbocycles. The van der Waals surface area contributed by atoms with E-state index in [0.29, 0.717) is 6.61 Å². The van der Waals surface area contributed by atoms with Crippen LogP contribution in [0.1, 0.15) is 17.9 Å². The van der Waals surface area contributed by atoms with E-state index in [1.807, 2.05) is 30.8 Å². The van der Waals surface area contributed by atoms with Crippen LogP contribution in [0, 0.1) is 0 Å². The SMILES string of the molecule is CCOc1ccc(-n2ccc(C3OCCS3)c2)cc1. The zero-order valence-electron chi connectivity index (χ0n) is 10.9. The molecule has 2 aromatic rings. The lowest BCUT2D eigenvalue weighted by Crippen LogP contribution is -1.94. The lowest BCUT2D eigenvalue weighted by atomic mass is 10.3. The van der Waals surface area contributed by atoms with Gasteiger partial charge < -0.3 is 14.0 Å². The zero-order chi connectivity index (χ0) is 13.1. The molecule has 4 heteroatoms. The highest BCUT2D eigenvalue weighted by Crippen LogP contribution is 2.35. The second-order valence-electron chi connectivity index (χ2n) is 4.35. The molecule has 3 rings (SSSR count). The van der Waals surface area contributed by atoms with Crippen LogP contribution in [0.4, 0.5) is 0 Å². The third-order valence-corrected chi connectivity index (χ3v) is 4.17. The van der Waals surface area contributed by atoms with Gasteiger partial charge in [0.1, 0.15) is 11.2 Å². The highest BCUT2D eigenvalue weighted by atomic mass is 32.2. The van der Waals surface area contributed by atoms with Crippen molar-refractivity contribution in [2.75, 3.05) is 19.0 Å². The first-order valence-electron chi connectivity index (χ1n) is 6.51. The normalized spacial score (nSPS) is 18.7. The fraction of sp³-hybridized carbons (Fsp3) is 0.333. The Morgan fingerprint density at radius 3 is 2.84 bits per heavy atom. The van der Waals surface area contributed by atoms with E-state index in [0.717, 1.165) is 23.8 Å². The largest absolute Gasteiger partial charge is 0.494 e. The van der Waals surface area contributed by atoms with Crippen molar-refractivity contribution in [1.29, 1.82) is 0 Å². The highest BCUT2D eigenvalue weighted by Gasteiger charge is 2.19. The van der Waals surface area contributed by atoms with Crippen LogP contribution in [-0.4, -0.2) is 23.5 Å². The Morgan fingerprint density at radius 1 is 1.32 bits per heavy atom. The predicted molar refractivity (Wildman–Crippen MR) is 78.1 cm³/mol. The van der Waals surface area contributed by atoms with Crippen LogP contribution < -0.4 is 4.74 Å². The molecule has 0 radical (unpaired) electrons. The summed E-state index contributed by atoms with van der Waals surface area (Å²) in [6.07, 6.45) is 4.21. The first kappa shape index (κ1) is 12.6. The van der Waals surface area contributed by atoms with E-state index >= 15 is 0 Å². The Kier molecular flexibility index (Phi) is 3.80. The average molecular weight is 275 g/mol.